The highest BCUT2D eigenvalue weighted by atomic mass is 32.1. The zero-order valence-electron chi connectivity index (χ0n) is 15.9. The normalized spacial score (nSPS) is 13.1. The number of benzene rings is 1. The summed E-state index contributed by atoms with van der Waals surface area (Å²) in [6.07, 6.45) is 9.62. The quantitative estimate of drug-likeness (QED) is 0.629. The van der Waals surface area contributed by atoms with Gasteiger partial charge in [-0.05, 0) is 47.6 Å². The number of amides is 2. The average Bonchev–Trinajstić information content (AvgIpc) is 3.45. The summed E-state index contributed by atoms with van der Waals surface area (Å²) in [4.78, 5) is 23.0. The van der Waals surface area contributed by atoms with Gasteiger partial charge in [0.2, 0.25) is 0 Å². The van der Waals surface area contributed by atoms with E-state index in [2.05, 4.69) is 49.6 Å². The van der Waals surface area contributed by atoms with Gasteiger partial charge in [-0.1, -0.05) is 24.3 Å². The Morgan fingerprint density at radius 3 is 2.69 bits per heavy atom. The topological polar surface area (TPSA) is 70.1 Å². The Morgan fingerprint density at radius 1 is 1.17 bits per heavy atom. The van der Waals surface area contributed by atoms with Gasteiger partial charge in [0.1, 0.15) is 11.6 Å². The van der Waals surface area contributed by atoms with E-state index in [4.69, 9.17) is 6.42 Å². The minimum Gasteiger partial charge on any atom is -0.357 e. The van der Waals surface area contributed by atoms with Crippen LogP contribution in [0.4, 0.5) is 16.4 Å². The second kappa shape index (κ2) is 8.76. The van der Waals surface area contributed by atoms with Crippen molar-refractivity contribution in [2.45, 2.75) is 19.4 Å². The molecule has 3 aromatic rings. The highest BCUT2D eigenvalue weighted by Crippen LogP contribution is 2.25. The minimum atomic E-state index is -0.313. The molecule has 1 aliphatic heterocycles. The summed E-state index contributed by atoms with van der Waals surface area (Å²) in [5.41, 5.74) is 3.29. The van der Waals surface area contributed by atoms with Crippen LogP contribution in [0.1, 0.15) is 23.4 Å². The number of aromatic nitrogens is 2. The number of carbonyl (C=O) groups is 1. The lowest BCUT2D eigenvalue weighted by Gasteiger charge is -2.17. The molecular formula is C22H21N5OS. The summed E-state index contributed by atoms with van der Waals surface area (Å²) in [6, 6.07) is 12.0. The summed E-state index contributed by atoms with van der Waals surface area (Å²) in [5.74, 6) is 3.95. The molecule has 1 saturated heterocycles. The minimum absolute atomic E-state index is 0.313. The molecular weight excluding hydrogens is 382 g/mol. The van der Waals surface area contributed by atoms with Crippen molar-refractivity contribution >= 4 is 29.0 Å². The summed E-state index contributed by atoms with van der Waals surface area (Å²) >= 11 is 1.32. The van der Waals surface area contributed by atoms with Gasteiger partial charge < -0.3 is 10.2 Å². The highest BCUT2D eigenvalue weighted by Gasteiger charge is 2.14. The monoisotopic (exact) mass is 403 g/mol. The van der Waals surface area contributed by atoms with Gasteiger partial charge >= 0.3 is 6.03 Å². The lowest BCUT2D eigenvalue weighted by Crippen LogP contribution is -2.28. The average molecular weight is 404 g/mol. The number of nitrogens with zero attached hydrogens (tertiary/aromatic N) is 3. The van der Waals surface area contributed by atoms with Crippen LogP contribution in [0.25, 0.3) is 11.1 Å². The summed E-state index contributed by atoms with van der Waals surface area (Å²) in [6.45, 7) is 2.58. The molecule has 1 fully saturated rings. The first-order chi connectivity index (χ1) is 14.2. The standard InChI is InChI=1S/C22H21N5OS/c1-2-21-25-19(15-29-21)26-22(28)24-14-16-5-7-17(8-6-16)18-9-10-23-20(13-18)27-11-3-4-12-27/h1,5-10,13,15H,3-4,11-12,14H2,(H2,24,26,28). The maximum absolute atomic E-state index is 12.0. The number of thiazole rings is 1. The molecule has 0 bridgehead atoms. The second-order valence-corrected chi connectivity index (χ2v) is 7.64. The fraction of sp³-hybridized carbons (Fsp3) is 0.227. The van der Waals surface area contributed by atoms with E-state index in [1.165, 1.54) is 24.2 Å². The van der Waals surface area contributed by atoms with Crippen LogP contribution in [-0.2, 0) is 6.54 Å². The van der Waals surface area contributed by atoms with Gasteiger partial charge in [-0.3, -0.25) is 5.32 Å². The molecule has 7 heteroatoms. The molecule has 0 atom stereocenters. The number of rotatable bonds is 5. The van der Waals surface area contributed by atoms with E-state index < -0.39 is 0 Å². The van der Waals surface area contributed by atoms with Gasteiger partial charge in [0.05, 0.1) is 0 Å². The number of urea groups is 1. The van der Waals surface area contributed by atoms with Crippen molar-refractivity contribution in [2.75, 3.05) is 23.3 Å². The first-order valence-corrected chi connectivity index (χ1v) is 10.4. The molecule has 6 nitrogen and oxygen atoms in total. The Hall–Kier alpha value is -3.37. The lowest BCUT2D eigenvalue weighted by molar-refractivity contribution is 0.251. The summed E-state index contributed by atoms with van der Waals surface area (Å²) in [5, 5.41) is 7.76. The van der Waals surface area contributed by atoms with E-state index >= 15 is 0 Å². The Morgan fingerprint density at radius 2 is 1.97 bits per heavy atom. The number of terminal acetylenes is 1. The smallest absolute Gasteiger partial charge is 0.320 e. The molecule has 3 heterocycles. The van der Waals surface area contributed by atoms with Crippen molar-refractivity contribution in [3.05, 3.63) is 58.5 Å². The maximum atomic E-state index is 12.0. The number of hydrogen-bond acceptors (Lipinski definition) is 5. The Labute approximate surface area is 174 Å². The third-order valence-electron chi connectivity index (χ3n) is 4.79. The van der Waals surface area contributed by atoms with Crippen LogP contribution in [0.2, 0.25) is 0 Å². The predicted octanol–water partition coefficient (Wildman–Crippen LogP) is 4.11. The first kappa shape index (κ1) is 19.0. The van der Waals surface area contributed by atoms with Gasteiger partial charge in [-0.15, -0.1) is 17.8 Å². The van der Waals surface area contributed by atoms with E-state index in [1.807, 2.05) is 24.4 Å². The maximum Gasteiger partial charge on any atom is 0.320 e. The van der Waals surface area contributed by atoms with E-state index in [0.29, 0.717) is 17.4 Å². The third-order valence-corrected chi connectivity index (χ3v) is 5.56. The van der Waals surface area contributed by atoms with Crippen molar-refractivity contribution in [3.8, 4) is 23.5 Å². The summed E-state index contributed by atoms with van der Waals surface area (Å²) in [7, 11) is 0. The molecule has 0 spiro atoms. The van der Waals surface area contributed by atoms with Crippen LogP contribution in [-0.4, -0.2) is 29.1 Å². The third kappa shape index (κ3) is 4.73. The predicted molar refractivity (Wildman–Crippen MR) is 117 cm³/mol. The molecule has 0 radical (unpaired) electrons. The molecule has 4 rings (SSSR count). The molecule has 2 aromatic heterocycles. The lowest BCUT2D eigenvalue weighted by atomic mass is 10.0. The Balaban J connectivity index is 1.35. The van der Waals surface area contributed by atoms with E-state index in [-0.39, 0.29) is 6.03 Å². The molecule has 2 N–H and O–H groups in total. The Kier molecular flexibility index (Phi) is 5.73. The molecule has 0 unspecified atom stereocenters. The van der Waals surface area contributed by atoms with Crippen molar-refractivity contribution in [1.82, 2.24) is 15.3 Å². The molecule has 1 aliphatic rings. The van der Waals surface area contributed by atoms with Crippen LogP contribution >= 0.6 is 11.3 Å². The van der Waals surface area contributed by atoms with Gasteiger partial charge in [0.25, 0.3) is 0 Å². The van der Waals surface area contributed by atoms with Gasteiger partial charge in [-0.2, -0.15) is 0 Å². The Bertz CT molecular complexity index is 1030. The second-order valence-electron chi connectivity index (χ2n) is 6.78. The first-order valence-electron chi connectivity index (χ1n) is 9.48. The number of carbonyl (C=O) groups excluding carboxylic acids is 1. The molecule has 2 amide bonds. The fourth-order valence-corrected chi connectivity index (χ4v) is 3.83. The van der Waals surface area contributed by atoms with Crippen LogP contribution in [0.15, 0.2) is 48.0 Å². The van der Waals surface area contributed by atoms with Crippen molar-refractivity contribution < 1.29 is 4.79 Å². The van der Waals surface area contributed by atoms with Gasteiger partial charge in [-0.25, -0.2) is 14.8 Å². The number of anilines is 2. The molecule has 1 aromatic carbocycles. The van der Waals surface area contributed by atoms with Gasteiger partial charge in [0, 0.05) is 31.2 Å². The van der Waals surface area contributed by atoms with Crippen LogP contribution in [0.3, 0.4) is 0 Å². The largest absolute Gasteiger partial charge is 0.357 e. The summed E-state index contributed by atoms with van der Waals surface area (Å²) < 4.78 is 0. The van der Waals surface area contributed by atoms with Crippen LogP contribution < -0.4 is 15.5 Å². The van der Waals surface area contributed by atoms with E-state index in [0.717, 1.165) is 35.6 Å². The zero-order valence-corrected chi connectivity index (χ0v) is 16.7. The molecule has 0 saturated carbocycles. The molecule has 0 aliphatic carbocycles. The van der Waals surface area contributed by atoms with E-state index in [1.54, 1.807) is 5.38 Å². The van der Waals surface area contributed by atoms with Crippen molar-refractivity contribution in [3.63, 3.8) is 0 Å². The molecule has 146 valence electrons. The SMILES string of the molecule is C#Cc1nc(NC(=O)NCc2ccc(-c3ccnc(N4CCCC4)c3)cc2)cs1. The number of hydrogen-bond donors (Lipinski definition) is 2. The zero-order chi connectivity index (χ0) is 20.1. The van der Waals surface area contributed by atoms with Crippen LogP contribution in [0, 0.1) is 12.3 Å². The van der Waals surface area contributed by atoms with Crippen molar-refractivity contribution in [2.24, 2.45) is 0 Å². The fourth-order valence-electron chi connectivity index (χ4n) is 3.27. The number of nitrogens with one attached hydrogen (secondary N) is 2. The van der Waals surface area contributed by atoms with Crippen LogP contribution in [0.5, 0.6) is 0 Å². The van der Waals surface area contributed by atoms with Crippen molar-refractivity contribution in [1.29, 1.82) is 0 Å². The van der Waals surface area contributed by atoms with Gasteiger partial charge in [0.15, 0.2) is 5.01 Å². The van der Waals surface area contributed by atoms with E-state index in [9.17, 15) is 4.79 Å². The molecule has 29 heavy (non-hydrogen) atoms. The highest BCUT2D eigenvalue weighted by molar-refractivity contribution is 7.10. The number of pyridine rings is 1.